The average molecular weight is 257 g/mol. The summed E-state index contributed by atoms with van der Waals surface area (Å²) >= 11 is 0. The van der Waals surface area contributed by atoms with Gasteiger partial charge in [-0.1, -0.05) is 13.0 Å². The zero-order chi connectivity index (χ0) is 13.8. The molecule has 0 aliphatic rings. The van der Waals surface area contributed by atoms with Crippen LogP contribution < -0.4 is 10.5 Å². The van der Waals surface area contributed by atoms with E-state index in [0.29, 0.717) is 12.0 Å². The molecule has 0 aliphatic heterocycles. The van der Waals surface area contributed by atoms with Crippen LogP contribution in [0.1, 0.15) is 22.8 Å². The number of amides is 1. The normalized spacial score (nSPS) is 10.2. The van der Waals surface area contributed by atoms with Gasteiger partial charge in [0.15, 0.2) is 0 Å². The Kier molecular flexibility index (Phi) is 3.75. The average Bonchev–Trinajstić information content (AvgIpc) is 2.46. The van der Waals surface area contributed by atoms with Crippen LogP contribution in [0.25, 0.3) is 11.3 Å². The molecule has 0 bridgehead atoms. The van der Waals surface area contributed by atoms with Crippen LogP contribution >= 0.6 is 0 Å². The van der Waals surface area contributed by atoms with E-state index >= 15 is 0 Å². The summed E-state index contributed by atoms with van der Waals surface area (Å²) in [5.41, 5.74) is 8.13. The molecular weight excluding hydrogens is 242 g/mol. The summed E-state index contributed by atoms with van der Waals surface area (Å²) in [5, 5.41) is 0. The van der Waals surface area contributed by atoms with E-state index in [9.17, 15) is 4.79 Å². The molecule has 0 atom stereocenters. The van der Waals surface area contributed by atoms with Crippen LogP contribution in [0.5, 0.6) is 5.88 Å². The van der Waals surface area contributed by atoms with Crippen LogP contribution in [-0.4, -0.2) is 23.0 Å². The SMILES string of the molecule is CCc1c(-c2ccccn2)cnc(OC)c1C(N)=O. The van der Waals surface area contributed by atoms with Gasteiger partial charge in [0.25, 0.3) is 5.91 Å². The summed E-state index contributed by atoms with van der Waals surface area (Å²) in [6.07, 6.45) is 4.00. The van der Waals surface area contributed by atoms with Crippen LogP contribution in [-0.2, 0) is 6.42 Å². The number of aromatic nitrogens is 2. The molecular formula is C14H15N3O2. The Morgan fingerprint density at radius 2 is 2.16 bits per heavy atom. The Morgan fingerprint density at radius 3 is 2.68 bits per heavy atom. The highest BCUT2D eigenvalue weighted by Crippen LogP contribution is 2.29. The number of nitrogens with two attached hydrogens (primary N) is 1. The fraction of sp³-hybridized carbons (Fsp3) is 0.214. The first-order chi connectivity index (χ1) is 9.19. The summed E-state index contributed by atoms with van der Waals surface area (Å²) in [5.74, 6) is -0.289. The molecule has 0 aromatic carbocycles. The number of hydrogen-bond acceptors (Lipinski definition) is 4. The van der Waals surface area contributed by atoms with Crippen molar-refractivity contribution in [3.05, 3.63) is 41.7 Å². The fourth-order valence-electron chi connectivity index (χ4n) is 2.05. The lowest BCUT2D eigenvalue weighted by Gasteiger charge is -2.13. The lowest BCUT2D eigenvalue weighted by atomic mass is 9.98. The number of ether oxygens (including phenoxy) is 1. The lowest BCUT2D eigenvalue weighted by Crippen LogP contribution is -2.17. The Morgan fingerprint density at radius 1 is 1.37 bits per heavy atom. The van der Waals surface area contributed by atoms with Crippen LogP contribution in [0.15, 0.2) is 30.6 Å². The van der Waals surface area contributed by atoms with E-state index in [-0.39, 0.29) is 5.88 Å². The Balaban J connectivity index is 2.70. The number of methoxy groups -OCH3 is 1. The molecule has 5 heteroatoms. The number of pyridine rings is 2. The third kappa shape index (κ3) is 2.40. The van der Waals surface area contributed by atoms with Gasteiger partial charge in [0.1, 0.15) is 5.56 Å². The number of primary amides is 1. The molecule has 0 fully saturated rings. The van der Waals surface area contributed by atoms with Gasteiger partial charge in [-0.25, -0.2) is 4.98 Å². The van der Waals surface area contributed by atoms with Crippen molar-refractivity contribution in [3.63, 3.8) is 0 Å². The molecule has 0 saturated heterocycles. The molecule has 19 heavy (non-hydrogen) atoms. The largest absolute Gasteiger partial charge is 0.480 e. The maximum absolute atomic E-state index is 11.6. The third-order valence-electron chi connectivity index (χ3n) is 2.89. The topological polar surface area (TPSA) is 78.1 Å². The number of carbonyl (C=O) groups is 1. The van der Waals surface area contributed by atoms with E-state index in [1.54, 1.807) is 12.4 Å². The van der Waals surface area contributed by atoms with Crippen LogP contribution in [0, 0.1) is 0 Å². The summed E-state index contributed by atoms with van der Waals surface area (Å²) in [6.45, 7) is 1.95. The number of carbonyl (C=O) groups excluding carboxylic acids is 1. The van der Waals surface area contributed by atoms with Gasteiger partial charge in [-0.05, 0) is 24.1 Å². The monoisotopic (exact) mass is 257 g/mol. The molecule has 2 aromatic rings. The maximum Gasteiger partial charge on any atom is 0.254 e. The van der Waals surface area contributed by atoms with Gasteiger partial charge >= 0.3 is 0 Å². The van der Waals surface area contributed by atoms with E-state index in [0.717, 1.165) is 16.8 Å². The zero-order valence-electron chi connectivity index (χ0n) is 10.9. The summed E-state index contributed by atoms with van der Waals surface area (Å²) in [6, 6.07) is 5.59. The van der Waals surface area contributed by atoms with Gasteiger partial charge in [-0.2, -0.15) is 0 Å². The van der Waals surface area contributed by atoms with Crippen LogP contribution in [0.3, 0.4) is 0 Å². The van der Waals surface area contributed by atoms with Crippen molar-refractivity contribution in [1.29, 1.82) is 0 Å². The molecule has 1 amide bonds. The maximum atomic E-state index is 11.6. The molecule has 0 saturated carbocycles. The standard InChI is InChI=1S/C14H15N3O2/c1-3-9-10(11-6-4-5-7-16-11)8-17-14(19-2)12(9)13(15)18/h4-8H,3H2,1-2H3,(H2,15,18). The third-order valence-corrected chi connectivity index (χ3v) is 2.89. The molecule has 2 aromatic heterocycles. The van der Waals surface area contributed by atoms with Gasteiger partial charge < -0.3 is 10.5 Å². The Bertz CT molecular complexity index is 597. The molecule has 2 N–H and O–H groups in total. The minimum Gasteiger partial charge on any atom is -0.480 e. The van der Waals surface area contributed by atoms with E-state index in [2.05, 4.69) is 9.97 Å². The molecule has 0 aliphatic carbocycles. The van der Waals surface area contributed by atoms with Gasteiger partial charge in [0.2, 0.25) is 5.88 Å². The Hall–Kier alpha value is -2.43. The van der Waals surface area contributed by atoms with Crippen molar-refractivity contribution in [3.8, 4) is 17.1 Å². The molecule has 98 valence electrons. The smallest absolute Gasteiger partial charge is 0.254 e. The Labute approximate surface area is 111 Å². The van der Waals surface area contributed by atoms with Crippen LogP contribution in [0.4, 0.5) is 0 Å². The summed E-state index contributed by atoms with van der Waals surface area (Å²) in [7, 11) is 1.47. The number of rotatable bonds is 4. The zero-order valence-corrected chi connectivity index (χ0v) is 10.9. The second kappa shape index (κ2) is 5.48. The van der Waals surface area contributed by atoms with Crippen molar-refractivity contribution >= 4 is 5.91 Å². The van der Waals surface area contributed by atoms with Gasteiger partial charge in [-0.3, -0.25) is 9.78 Å². The molecule has 0 spiro atoms. The van der Waals surface area contributed by atoms with Crippen molar-refractivity contribution < 1.29 is 9.53 Å². The van der Waals surface area contributed by atoms with Crippen molar-refractivity contribution in [1.82, 2.24) is 9.97 Å². The van der Waals surface area contributed by atoms with E-state index in [1.165, 1.54) is 7.11 Å². The predicted octanol–water partition coefficient (Wildman–Crippen LogP) is 1.81. The van der Waals surface area contributed by atoms with Crippen molar-refractivity contribution in [2.24, 2.45) is 5.73 Å². The quantitative estimate of drug-likeness (QED) is 0.906. The lowest BCUT2D eigenvalue weighted by molar-refractivity contribution is 0.0996. The summed E-state index contributed by atoms with van der Waals surface area (Å²) < 4.78 is 5.11. The first-order valence-electron chi connectivity index (χ1n) is 5.96. The van der Waals surface area contributed by atoms with Gasteiger partial charge in [0.05, 0.1) is 12.8 Å². The van der Waals surface area contributed by atoms with E-state index in [4.69, 9.17) is 10.5 Å². The highest BCUT2D eigenvalue weighted by Gasteiger charge is 2.19. The van der Waals surface area contributed by atoms with Crippen molar-refractivity contribution in [2.45, 2.75) is 13.3 Å². The molecule has 0 unspecified atom stereocenters. The number of nitrogens with zero attached hydrogens (tertiary/aromatic N) is 2. The summed E-state index contributed by atoms with van der Waals surface area (Å²) in [4.78, 5) is 20.0. The molecule has 2 heterocycles. The first-order valence-corrected chi connectivity index (χ1v) is 5.96. The second-order valence-corrected chi connectivity index (χ2v) is 3.97. The number of hydrogen-bond donors (Lipinski definition) is 1. The van der Waals surface area contributed by atoms with E-state index < -0.39 is 5.91 Å². The highest BCUT2D eigenvalue weighted by atomic mass is 16.5. The van der Waals surface area contributed by atoms with Crippen molar-refractivity contribution in [2.75, 3.05) is 7.11 Å². The van der Waals surface area contributed by atoms with Crippen LogP contribution in [0.2, 0.25) is 0 Å². The predicted molar refractivity (Wildman–Crippen MR) is 71.9 cm³/mol. The molecule has 2 rings (SSSR count). The minimum absolute atomic E-state index is 0.254. The van der Waals surface area contributed by atoms with E-state index in [1.807, 2.05) is 25.1 Å². The van der Waals surface area contributed by atoms with Gasteiger partial charge in [-0.15, -0.1) is 0 Å². The van der Waals surface area contributed by atoms with Gasteiger partial charge in [0, 0.05) is 18.0 Å². The molecule has 0 radical (unpaired) electrons. The minimum atomic E-state index is -0.543. The molecule has 5 nitrogen and oxygen atoms in total. The highest BCUT2D eigenvalue weighted by molar-refractivity contribution is 5.98. The second-order valence-electron chi connectivity index (χ2n) is 3.97. The fourth-order valence-corrected chi connectivity index (χ4v) is 2.05. The first kappa shape index (κ1) is 13.0.